The lowest BCUT2D eigenvalue weighted by molar-refractivity contribution is -0.877. The van der Waals surface area contributed by atoms with E-state index in [1.807, 2.05) is 0 Å². The second-order valence-electron chi connectivity index (χ2n) is 7.87. The molecule has 0 atom stereocenters. The van der Waals surface area contributed by atoms with Gasteiger partial charge in [0.1, 0.15) is 5.97 Å². The molecule has 0 saturated carbocycles. The van der Waals surface area contributed by atoms with Crippen LogP contribution < -0.4 is 5.11 Å². The fraction of sp³-hybridized carbons (Fsp3) is 0.933. The molecule has 0 N–H and O–H groups in total. The standard InChI is InChI=1S/2C6H14N.C2HF3O2.CHF3O3S/c2*1-7(2)5-3-4-6-7;3-2(4,5)1(6)7;2-1(3,4)8(5,6)7/h2*3-6H2,1-2H3;(H,6,7);(H,5,6,7)/q2*+1;;/p-2. The van der Waals surface area contributed by atoms with Crippen molar-refractivity contribution in [2.24, 2.45) is 0 Å². The summed E-state index contributed by atoms with van der Waals surface area (Å²) in [5.74, 6) is -3.01. The van der Waals surface area contributed by atoms with Gasteiger partial charge in [-0.05, 0) is 0 Å². The molecule has 0 aromatic carbocycles. The molecule has 7 nitrogen and oxygen atoms in total. The van der Waals surface area contributed by atoms with Crippen molar-refractivity contribution in [1.82, 2.24) is 0 Å². The highest BCUT2D eigenvalue weighted by Gasteiger charge is 2.37. The molecule has 2 aliphatic heterocycles. The van der Waals surface area contributed by atoms with Gasteiger partial charge in [-0.15, -0.1) is 0 Å². The van der Waals surface area contributed by atoms with E-state index in [4.69, 9.17) is 22.9 Å². The number of carbonyl (C=O) groups is 1. The summed E-state index contributed by atoms with van der Waals surface area (Å²) in [4.78, 5) is 8.78. The van der Waals surface area contributed by atoms with Crippen LogP contribution in [0.25, 0.3) is 0 Å². The number of halogens is 6. The smallest absolute Gasteiger partial charge is 0.485 e. The highest BCUT2D eigenvalue weighted by atomic mass is 32.2. The number of carbonyl (C=O) groups excluding carboxylic acids is 1. The van der Waals surface area contributed by atoms with Crippen LogP contribution in [0.2, 0.25) is 0 Å². The van der Waals surface area contributed by atoms with Crippen molar-refractivity contribution < 1.29 is 58.2 Å². The van der Waals surface area contributed by atoms with Crippen molar-refractivity contribution in [1.29, 1.82) is 0 Å². The molecule has 2 rings (SSSR count). The minimum atomic E-state index is -6.09. The molecule has 29 heavy (non-hydrogen) atoms. The normalized spacial score (nSPS) is 20.2. The second kappa shape index (κ2) is 11.3. The number of hydrogen-bond acceptors (Lipinski definition) is 5. The highest BCUT2D eigenvalue weighted by molar-refractivity contribution is 7.86. The van der Waals surface area contributed by atoms with E-state index in [9.17, 15) is 26.3 Å². The first-order chi connectivity index (χ1) is 12.6. The predicted molar refractivity (Wildman–Crippen MR) is 89.0 cm³/mol. The van der Waals surface area contributed by atoms with Crippen molar-refractivity contribution in [2.45, 2.75) is 37.4 Å². The largest absolute Gasteiger partial charge is 0.741 e. The number of aliphatic carboxylic acids is 1. The van der Waals surface area contributed by atoms with E-state index in [-0.39, 0.29) is 0 Å². The van der Waals surface area contributed by atoms with Crippen LogP contribution in [0.4, 0.5) is 26.3 Å². The van der Waals surface area contributed by atoms with Gasteiger partial charge in [0.05, 0.1) is 54.4 Å². The fourth-order valence-electron chi connectivity index (χ4n) is 2.38. The molecule has 2 fully saturated rings. The van der Waals surface area contributed by atoms with E-state index in [0.29, 0.717) is 0 Å². The molecular formula is C15H28F6N2O5S. The van der Waals surface area contributed by atoms with Crippen LogP contribution >= 0.6 is 0 Å². The van der Waals surface area contributed by atoms with Gasteiger partial charge < -0.3 is 23.4 Å². The number of carboxylic acid groups (broad SMARTS) is 1. The predicted octanol–water partition coefficient (Wildman–Crippen LogP) is 1.06. The van der Waals surface area contributed by atoms with Gasteiger partial charge in [0.25, 0.3) is 0 Å². The molecule has 0 unspecified atom stereocenters. The summed E-state index contributed by atoms with van der Waals surface area (Å²) in [6.07, 6.45) is 0.556. The molecule has 0 amide bonds. The lowest BCUT2D eigenvalue weighted by Crippen LogP contribution is -2.37. The van der Waals surface area contributed by atoms with Gasteiger partial charge in [0.2, 0.25) is 0 Å². The topological polar surface area (TPSA) is 97.3 Å². The maximum Gasteiger partial charge on any atom is 0.485 e. The summed E-state index contributed by atoms with van der Waals surface area (Å²) in [5.41, 5.74) is -5.65. The zero-order valence-corrected chi connectivity index (χ0v) is 17.6. The van der Waals surface area contributed by atoms with E-state index in [0.717, 1.165) is 0 Å². The first-order valence-electron chi connectivity index (χ1n) is 8.55. The molecule has 2 heterocycles. The Labute approximate surface area is 166 Å². The summed E-state index contributed by atoms with van der Waals surface area (Å²) in [7, 11) is 3.10. The summed E-state index contributed by atoms with van der Waals surface area (Å²) in [6.45, 7) is 5.56. The van der Waals surface area contributed by atoms with Gasteiger partial charge in [-0.1, -0.05) is 0 Å². The number of rotatable bonds is 0. The van der Waals surface area contributed by atoms with Gasteiger partial charge >= 0.3 is 11.7 Å². The molecule has 176 valence electrons. The van der Waals surface area contributed by atoms with Crippen molar-refractivity contribution in [3.63, 3.8) is 0 Å². The Hall–Kier alpha value is -1.12. The third kappa shape index (κ3) is 16.4. The first kappa shape index (κ1) is 30.1. The Balaban J connectivity index is 0. The van der Waals surface area contributed by atoms with Gasteiger partial charge in [-0.2, -0.15) is 26.3 Å². The second-order valence-corrected chi connectivity index (χ2v) is 9.24. The average Bonchev–Trinajstić information content (AvgIpc) is 3.05. The SMILES string of the molecule is C[N+]1(C)CCCC1.C[N+]1(C)CCCC1.O=C([O-])C(F)(F)F.O=S(=O)([O-])C(F)(F)F. The van der Waals surface area contributed by atoms with Gasteiger partial charge in [0.15, 0.2) is 10.1 Å². The minimum Gasteiger partial charge on any atom is -0.741 e. The lowest BCUT2D eigenvalue weighted by atomic mass is 10.4. The molecule has 0 radical (unpaired) electrons. The maximum atomic E-state index is 10.7. The Bertz CT molecular complexity index is 567. The zero-order valence-electron chi connectivity index (χ0n) is 16.8. The molecule has 0 bridgehead atoms. The van der Waals surface area contributed by atoms with Gasteiger partial charge in [0, 0.05) is 25.7 Å². The molecule has 0 aromatic heterocycles. The average molecular weight is 462 g/mol. The number of quaternary nitrogens is 2. The van der Waals surface area contributed by atoms with Crippen LogP contribution in [-0.2, 0) is 14.9 Å². The van der Waals surface area contributed by atoms with Crippen molar-refractivity contribution >= 4 is 16.1 Å². The maximum absolute atomic E-state index is 10.7. The highest BCUT2D eigenvalue weighted by Crippen LogP contribution is 2.20. The van der Waals surface area contributed by atoms with Gasteiger partial charge in [-0.25, -0.2) is 8.42 Å². The first-order valence-corrected chi connectivity index (χ1v) is 9.96. The zero-order chi connectivity index (χ0) is 23.7. The Morgan fingerprint density at radius 1 is 0.759 bits per heavy atom. The molecule has 14 heteroatoms. The Kier molecular flexibility index (Phi) is 11.7. The molecule has 0 aromatic rings. The fourth-order valence-corrected chi connectivity index (χ4v) is 2.38. The van der Waals surface area contributed by atoms with E-state index in [1.165, 1.54) is 60.8 Å². The van der Waals surface area contributed by atoms with Crippen molar-refractivity contribution in [3.8, 4) is 0 Å². The van der Waals surface area contributed by atoms with E-state index < -0.39 is 27.8 Å². The summed E-state index contributed by atoms with van der Waals surface area (Å²) >= 11 is 0. The number of nitrogens with zero attached hydrogens (tertiary/aromatic N) is 2. The molecule has 0 aliphatic carbocycles. The summed E-state index contributed by atoms with van der Waals surface area (Å²) in [5, 5.41) is 8.78. The Morgan fingerprint density at radius 2 is 0.931 bits per heavy atom. The van der Waals surface area contributed by atoms with Gasteiger partial charge in [-0.3, -0.25) is 0 Å². The van der Waals surface area contributed by atoms with Crippen LogP contribution in [0.5, 0.6) is 0 Å². The lowest BCUT2D eigenvalue weighted by Gasteiger charge is -2.21. The molecular weight excluding hydrogens is 434 g/mol. The van der Waals surface area contributed by atoms with Crippen LogP contribution in [0.15, 0.2) is 0 Å². The third-order valence-corrected chi connectivity index (χ3v) is 4.64. The molecule has 2 aliphatic rings. The number of likely N-dealkylation sites (tertiary alicyclic amines) is 2. The molecule has 0 spiro atoms. The monoisotopic (exact) mass is 462 g/mol. The minimum absolute atomic E-state index is 1.25. The molecule has 2 saturated heterocycles. The summed E-state index contributed by atoms with van der Waals surface area (Å²) < 4.78 is 93.0. The number of hydrogen-bond donors (Lipinski definition) is 0. The van der Waals surface area contributed by atoms with Crippen LogP contribution in [0.3, 0.4) is 0 Å². The van der Waals surface area contributed by atoms with Crippen molar-refractivity contribution in [2.75, 3.05) is 54.4 Å². The van der Waals surface area contributed by atoms with E-state index in [2.05, 4.69) is 28.2 Å². The van der Waals surface area contributed by atoms with Crippen LogP contribution in [-0.4, -0.2) is 94.0 Å². The quantitative estimate of drug-likeness (QED) is 0.232. The van der Waals surface area contributed by atoms with Crippen molar-refractivity contribution in [3.05, 3.63) is 0 Å². The van der Waals surface area contributed by atoms with E-state index >= 15 is 0 Å². The van der Waals surface area contributed by atoms with Crippen LogP contribution in [0, 0.1) is 0 Å². The number of carboxylic acids is 1. The van der Waals surface area contributed by atoms with E-state index in [1.54, 1.807) is 0 Å². The third-order valence-electron chi connectivity index (χ3n) is 4.07. The number of alkyl halides is 6. The Morgan fingerprint density at radius 3 is 0.966 bits per heavy atom. The summed E-state index contributed by atoms with van der Waals surface area (Å²) in [6, 6.07) is 0. The van der Waals surface area contributed by atoms with Crippen LogP contribution in [0.1, 0.15) is 25.7 Å².